The highest BCUT2D eigenvalue weighted by Gasteiger charge is 2.24. The topological polar surface area (TPSA) is 40.5 Å². The van der Waals surface area contributed by atoms with Crippen LogP contribution in [-0.2, 0) is 0 Å². The number of likely N-dealkylation sites (tertiary alicyclic amines) is 1. The molecule has 1 aliphatic heterocycles. The van der Waals surface area contributed by atoms with E-state index in [1.807, 2.05) is 13.8 Å². The van der Waals surface area contributed by atoms with Crippen molar-refractivity contribution in [3.63, 3.8) is 0 Å². The minimum absolute atomic E-state index is 0.202. The van der Waals surface area contributed by atoms with Gasteiger partial charge in [-0.1, -0.05) is 17.7 Å². The van der Waals surface area contributed by atoms with E-state index < -0.39 is 0 Å². The van der Waals surface area contributed by atoms with Crippen molar-refractivity contribution in [2.24, 2.45) is 5.92 Å². The second-order valence-electron chi connectivity index (χ2n) is 5.77. The van der Waals surface area contributed by atoms with Gasteiger partial charge in [0.25, 0.3) is 0 Å². The molecule has 1 atom stereocenters. The average Bonchev–Trinajstić information content (AvgIpc) is 2.75. The molecule has 1 aromatic rings. The summed E-state index contributed by atoms with van der Waals surface area (Å²) in [5, 5.41) is 9.14. The maximum Gasteiger partial charge on any atom is 0.177 e. The number of rotatable bonds is 4. The van der Waals surface area contributed by atoms with Gasteiger partial charge in [0.2, 0.25) is 0 Å². The quantitative estimate of drug-likeness (QED) is 0.844. The first-order valence-corrected chi connectivity index (χ1v) is 6.95. The van der Waals surface area contributed by atoms with Gasteiger partial charge in [-0.15, -0.1) is 0 Å². The smallest absolute Gasteiger partial charge is 0.177 e. The first-order chi connectivity index (χ1) is 9.01. The van der Waals surface area contributed by atoms with E-state index in [1.165, 1.54) is 5.56 Å². The van der Waals surface area contributed by atoms with Gasteiger partial charge in [-0.05, 0) is 50.8 Å². The molecule has 0 radical (unpaired) electrons. The second-order valence-corrected chi connectivity index (χ2v) is 5.77. The molecule has 0 aliphatic carbocycles. The van der Waals surface area contributed by atoms with E-state index in [2.05, 4.69) is 24.0 Å². The van der Waals surface area contributed by atoms with Crippen molar-refractivity contribution >= 4 is 5.78 Å². The number of aliphatic hydroxyl groups is 1. The van der Waals surface area contributed by atoms with Gasteiger partial charge in [0.1, 0.15) is 0 Å². The van der Waals surface area contributed by atoms with E-state index in [4.69, 9.17) is 5.11 Å². The number of aryl methyl sites for hydroxylation is 3. The minimum Gasteiger partial charge on any atom is -0.396 e. The van der Waals surface area contributed by atoms with Crippen molar-refractivity contribution in [2.45, 2.75) is 27.2 Å². The van der Waals surface area contributed by atoms with E-state index in [-0.39, 0.29) is 12.4 Å². The van der Waals surface area contributed by atoms with Crippen molar-refractivity contribution in [1.82, 2.24) is 4.90 Å². The van der Waals surface area contributed by atoms with Crippen LogP contribution in [-0.4, -0.2) is 42.0 Å². The van der Waals surface area contributed by atoms with Gasteiger partial charge < -0.3 is 5.11 Å². The summed E-state index contributed by atoms with van der Waals surface area (Å²) in [6.07, 6.45) is 0.996. The highest BCUT2D eigenvalue weighted by atomic mass is 16.3. The highest BCUT2D eigenvalue weighted by molar-refractivity contribution is 6.00. The average molecular weight is 261 g/mol. The molecule has 19 heavy (non-hydrogen) atoms. The Kier molecular flexibility index (Phi) is 4.38. The molecule has 1 aliphatic rings. The van der Waals surface area contributed by atoms with E-state index in [9.17, 15) is 4.79 Å². The maximum absolute atomic E-state index is 12.4. The van der Waals surface area contributed by atoms with Crippen LogP contribution in [0.25, 0.3) is 0 Å². The van der Waals surface area contributed by atoms with Crippen LogP contribution in [0.2, 0.25) is 0 Å². The molecule has 1 heterocycles. The number of carbonyl (C=O) groups is 1. The lowest BCUT2D eigenvalue weighted by Gasteiger charge is -2.17. The summed E-state index contributed by atoms with van der Waals surface area (Å²) < 4.78 is 0. The predicted molar refractivity (Wildman–Crippen MR) is 76.6 cm³/mol. The lowest BCUT2D eigenvalue weighted by molar-refractivity contribution is 0.0939. The number of hydrogen-bond acceptors (Lipinski definition) is 3. The Labute approximate surface area is 115 Å². The van der Waals surface area contributed by atoms with E-state index in [1.54, 1.807) is 0 Å². The standard InChI is InChI=1S/C16H23NO2/c1-11-6-12(2)16(13(3)7-11)15(19)9-17-5-4-14(8-17)10-18/h6-7,14,18H,4-5,8-10H2,1-3H3. The fourth-order valence-corrected chi connectivity index (χ4v) is 3.11. The number of benzene rings is 1. The predicted octanol–water partition coefficient (Wildman–Crippen LogP) is 2.11. The summed E-state index contributed by atoms with van der Waals surface area (Å²) in [5.74, 6) is 0.543. The molecule has 1 saturated heterocycles. The van der Waals surface area contributed by atoms with Crippen LogP contribution in [0.1, 0.15) is 33.5 Å². The minimum atomic E-state index is 0.202. The largest absolute Gasteiger partial charge is 0.396 e. The van der Waals surface area contributed by atoms with Crippen molar-refractivity contribution in [1.29, 1.82) is 0 Å². The molecule has 2 rings (SSSR count). The van der Waals surface area contributed by atoms with Gasteiger partial charge >= 0.3 is 0 Å². The fraction of sp³-hybridized carbons (Fsp3) is 0.562. The lowest BCUT2D eigenvalue weighted by atomic mass is 9.96. The molecular formula is C16H23NO2. The zero-order valence-electron chi connectivity index (χ0n) is 12.1. The van der Waals surface area contributed by atoms with Crippen molar-refractivity contribution < 1.29 is 9.90 Å². The third kappa shape index (κ3) is 3.23. The van der Waals surface area contributed by atoms with Gasteiger partial charge in [0.15, 0.2) is 5.78 Å². The van der Waals surface area contributed by atoms with Gasteiger partial charge in [-0.25, -0.2) is 0 Å². The SMILES string of the molecule is Cc1cc(C)c(C(=O)CN2CCC(CO)C2)c(C)c1. The lowest BCUT2D eigenvalue weighted by Crippen LogP contribution is -2.29. The molecule has 1 unspecified atom stereocenters. The summed E-state index contributed by atoms with van der Waals surface area (Å²) in [6.45, 7) is 8.53. The van der Waals surface area contributed by atoms with Crippen LogP contribution in [0.5, 0.6) is 0 Å². The first-order valence-electron chi connectivity index (χ1n) is 6.95. The Morgan fingerprint density at radius 3 is 2.47 bits per heavy atom. The molecule has 1 aromatic carbocycles. The monoisotopic (exact) mass is 261 g/mol. The van der Waals surface area contributed by atoms with Crippen LogP contribution in [0.3, 0.4) is 0 Å². The molecule has 104 valence electrons. The molecule has 0 spiro atoms. The summed E-state index contributed by atoms with van der Waals surface area (Å²) in [5.41, 5.74) is 4.21. The molecular weight excluding hydrogens is 238 g/mol. The van der Waals surface area contributed by atoms with Crippen LogP contribution in [0.15, 0.2) is 12.1 Å². The van der Waals surface area contributed by atoms with Crippen molar-refractivity contribution in [3.05, 3.63) is 34.4 Å². The maximum atomic E-state index is 12.4. The molecule has 3 heteroatoms. The molecule has 0 amide bonds. The van der Waals surface area contributed by atoms with Crippen molar-refractivity contribution in [2.75, 3.05) is 26.2 Å². The fourth-order valence-electron chi connectivity index (χ4n) is 3.11. The Morgan fingerprint density at radius 1 is 1.32 bits per heavy atom. The summed E-state index contributed by atoms with van der Waals surface area (Å²) in [6, 6.07) is 4.14. The van der Waals surface area contributed by atoms with Gasteiger partial charge in [-0.3, -0.25) is 9.69 Å². The summed E-state index contributed by atoms with van der Waals surface area (Å²) in [7, 11) is 0. The van der Waals surface area contributed by atoms with E-state index >= 15 is 0 Å². The molecule has 0 saturated carbocycles. The number of Topliss-reactive ketones (excluding diaryl/α,β-unsaturated/α-hetero) is 1. The number of ketones is 1. The number of aliphatic hydroxyl groups excluding tert-OH is 1. The highest BCUT2D eigenvalue weighted by Crippen LogP contribution is 2.20. The van der Waals surface area contributed by atoms with Gasteiger partial charge in [0.05, 0.1) is 6.54 Å². The van der Waals surface area contributed by atoms with E-state index in [0.29, 0.717) is 12.5 Å². The third-order valence-corrected chi connectivity index (χ3v) is 3.95. The van der Waals surface area contributed by atoms with Gasteiger partial charge in [0, 0.05) is 18.7 Å². The van der Waals surface area contributed by atoms with Crippen molar-refractivity contribution in [3.8, 4) is 0 Å². The Hall–Kier alpha value is -1.19. The Morgan fingerprint density at radius 2 is 1.95 bits per heavy atom. The molecule has 1 N–H and O–H groups in total. The normalized spacial score (nSPS) is 19.9. The zero-order chi connectivity index (χ0) is 14.0. The third-order valence-electron chi connectivity index (χ3n) is 3.95. The van der Waals surface area contributed by atoms with Crippen LogP contribution in [0.4, 0.5) is 0 Å². The summed E-state index contributed by atoms with van der Waals surface area (Å²) >= 11 is 0. The van der Waals surface area contributed by atoms with Crippen LogP contribution < -0.4 is 0 Å². The molecule has 0 bridgehead atoms. The number of nitrogens with zero attached hydrogens (tertiary/aromatic N) is 1. The Bertz CT molecular complexity index is 459. The molecule has 3 nitrogen and oxygen atoms in total. The van der Waals surface area contributed by atoms with Crippen LogP contribution >= 0.6 is 0 Å². The van der Waals surface area contributed by atoms with E-state index in [0.717, 1.165) is 36.2 Å². The van der Waals surface area contributed by atoms with Gasteiger partial charge in [-0.2, -0.15) is 0 Å². The first kappa shape index (κ1) is 14.2. The number of carbonyl (C=O) groups excluding carboxylic acids is 1. The second kappa shape index (κ2) is 5.85. The molecule has 1 fully saturated rings. The molecule has 0 aromatic heterocycles. The van der Waals surface area contributed by atoms with Crippen LogP contribution in [0, 0.1) is 26.7 Å². The number of hydrogen-bond donors (Lipinski definition) is 1. The zero-order valence-corrected chi connectivity index (χ0v) is 12.1. The Balaban J connectivity index is 2.09. The summed E-state index contributed by atoms with van der Waals surface area (Å²) in [4.78, 5) is 14.6.